The monoisotopic (exact) mass is 817 g/mol. The first-order valence-corrected chi connectivity index (χ1v) is 20.2. The lowest BCUT2D eigenvalue weighted by Crippen LogP contribution is -2.45. The van der Waals surface area contributed by atoms with Crippen molar-refractivity contribution < 1.29 is 67.9 Å². The number of unbranched alkanes of at least 4 members (excludes halogenated alkanes) is 11. The molecule has 19 heteroatoms. The number of hydrogen-bond donors (Lipinski definition) is 8. The van der Waals surface area contributed by atoms with Crippen LogP contribution < -0.4 is 26.6 Å². The molecule has 0 aliphatic heterocycles. The SMILES string of the molecule is O=CNCC(=O)N[C@@H](CCC(=O)NCCCOCCOCCOCCCNC(=O)C[C@H](NC(=O)CCCCCCCCCCCCCCC(=O)O)C(=O)O)C(=O)O. The molecule has 0 radical (unpaired) electrons. The van der Waals surface area contributed by atoms with Gasteiger partial charge in [-0.2, -0.15) is 0 Å². The fourth-order valence-corrected chi connectivity index (χ4v) is 5.40. The molecule has 2 atom stereocenters. The molecule has 8 N–H and O–H groups in total. The number of carbonyl (C=O) groups excluding carboxylic acids is 5. The van der Waals surface area contributed by atoms with Crippen LogP contribution in [0.5, 0.6) is 0 Å². The van der Waals surface area contributed by atoms with E-state index in [1.165, 1.54) is 12.8 Å². The molecule has 5 amide bonds. The van der Waals surface area contributed by atoms with Gasteiger partial charge in [0.15, 0.2) is 0 Å². The summed E-state index contributed by atoms with van der Waals surface area (Å²) in [5.74, 6) is -5.20. The van der Waals surface area contributed by atoms with Crippen LogP contribution in [0.3, 0.4) is 0 Å². The number of carboxylic acids is 3. The van der Waals surface area contributed by atoms with Crippen molar-refractivity contribution in [3.63, 3.8) is 0 Å². The van der Waals surface area contributed by atoms with Gasteiger partial charge >= 0.3 is 17.9 Å². The normalized spacial score (nSPS) is 11.9. The Labute approximate surface area is 335 Å². The van der Waals surface area contributed by atoms with Crippen LogP contribution in [0.25, 0.3) is 0 Å². The van der Waals surface area contributed by atoms with E-state index in [1.54, 1.807) is 0 Å². The summed E-state index contributed by atoms with van der Waals surface area (Å²) >= 11 is 0. The van der Waals surface area contributed by atoms with E-state index in [4.69, 9.17) is 19.3 Å². The average Bonchev–Trinajstić information content (AvgIpc) is 3.16. The van der Waals surface area contributed by atoms with Crippen molar-refractivity contribution in [2.45, 2.75) is 134 Å². The summed E-state index contributed by atoms with van der Waals surface area (Å²) < 4.78 is 16.3. The van der Waals surface area contributed by atoms with E-state index < -0.39 is 41.8 Å². The molecule has 0 heterocycles. The number of aliphatic carboxylic acids is 3. The van der Waals surface area contributed by atoms with Crippen molar-refractivity contribution in [3.8, 4) is 0 Å². The molecule has 0 bridgehead atoms. The molecule has 0 saturated carbocycles. The van der Waals surface area contributed by atoms with E-state index in [0.717, 1.165) is 57.8 Å². The van der Waals surface area contributed by atoms with Crippen molar-refractivity contribution in [1.82, 2.24) is 26.6 Å². The van der Waals surface area contributed by atoms with Crippen LogP contribution >= 0.6 is 0 Å². The van der Waals surface area contributed by atoms with Crippen molar-refractivity contribution in [2.24, 2.45) is 0 Å². The number of carbonyl (C=O) groups is 8. The Bertz CT molecular complexity index is 1160. The van der Waals surface area contributed by atoms with Crippen LogP contribution in [0.1, 0.15) is 122 Å². The second kappa shape index (κ2) is 37.2. The molecule has 0 aliphatic rings. The number of ether oxygens (including phenoxy) is 3. The molecule has 0 unspecified atom stereocenters. The van der Waals surface area contributed by atoms with Gasteiger partial charge in [0.1, 0.15) is 12.1 Å². The molecule has 328 valence electrons. The van der Waals surface area contributed by atoms with Gasteiger partial charge < -0.3 is 56.1 Å². The molecular weight excluding hydrogens is 750 g/mol. The Morgan fingerprint density at radius 2 is 0.912 bits per heavy atom. The second-order valence-corrected chi connectivity index (χ2v) is 13.5. The Morgan fingerprint density at radius 1 is 0.474 bits per heavy atom. The second-order valence-electron chi connectivity index (χ2n) is 13.5. The maximum atomic E-state index is 12.3. The fourth-order valence-electron chi connectivity index (χ4n) is 5.40. The zero-order chi connectivity index (χ0) is 42.4. The van der Waals surface area contributed by atoms with Gasteiger partial charge in [-0.05, 0) is 32.1 Å². The molecule has 0 spiro atoms. The van der Waals surface area contributed by atoms with E-state index in [9.17, 15) is 48.6 Å². The zero-order valence-electron chi connectivity index (χ0n) is 33.4. The average molecular weight is 818 g/mol. The smallest absolute Gasteiger partial charge is 0.326 e. The highest BCUT2D eigenvalue weighted by Gasteiger charge is 2.23. The Hall–Kier alpha value is -4.36. The standard InChI is InChI=1S/C38H67N5O14/c44-29-39-28-35(48)42-30(37(51)52)17-18-32(45)40-19-13-21-55-23-25-57-26-24-56-22-14-20-41-34(47)27-31(38(53)54)43-33(46)15-11-9-7-5-3-1-2-4-6-8-10-12-16-36(49)50/h29-31H,1-28H2,(H,39,44)(H,40,45)(H,41,47)(H,42,48)(H,43,46)(H,49,50)(H,51,52)(H,53,54)/t30-,31-/m0/s1. The number of rotatable bonds is 41. The minimum Gasteiger partial charge on any atom is -0.481 e. The first-order valence-electron chi connectivity index (χ1n) is 20.2. The predicted octanol–water partition coefficient (Wildman–Crippen LogP) is 1.65. The molecule has 19 nitrogen and oxygen atoms in total. The molecule has 0 aliphatic carbocycles. The summed E-state index contributed by atoms with van der Waals surface area (Å²) in [5.41, 5.74) is 0. The van der Waals surface area contributed by atoms with E-state index >= 15 is 0 Å². The van der Waals surface area contributed by atoms with E-state index in [-0.39, 0.29) is 57.0 Å². The van der Waals surface area contributed by atoms with Gasteiger partial charge in [0.05, 0.1) is 39.4 Å². The maximum Gasteiger partial charge on any atom is 0.326 e. The Morgan fingerprint density at radius 3 is 1.39 bits per heavy atom. The topological polar surface area (TPSA) is 285 Å². The number of carboxylic acid groups (broad SMARTS) is 3. The van der Waals surface area contributed by atoms with Gasteiger partial charge in [0.2, 0.25) is 30.0 Å². The fraction of sp³-hybridized carbons (Fsp3) is 0.789. The van der Waals surface area contributed by atoms with Gasteiger partial charge in [-0.1, -0.05) is 64.2 Å². The Balaban J connectivity index is 3.72. The van der Waals surface area contributed by atoms with Gasteiger partial charge in [-0.25, -0.2) is 9.59 Å². The lowest BCUT2D eigenvalue weighted by Gasteiger charge is -2.14. The molecular formula is C38H67N5O14. The van der Waals surface area contributed by atoms with Crippen LogP contribution in [0.15, 0.2) is 0 Å². The first-order chi connectivity index (χ1) is 27.5. The quantitative estimate of drug-likeness (QED) is 0.0322. The van der Waals surface area contributed by atoms with Crippen LogP contribution in [-0.4, -0.2) is 135 Å². The first kappa shape index (κ1) is 52.6. The molecule has 0 saturated heterocycles. The zero-order valence-corrected chi connectivity index (χ0v) is 33.4. The summed E-state index contributed by atoms with van der Waals surface area (Å²) in [6.07, 6.45) is 13.4. The molecule has 0 rings (SSSR count). The number of nitrogens with one attached hydrogen (secondary N) is 5. The highest BCUT2D eigenvalue weighted by molar-refractivity contribution is 5.88. The van der Waals surface area contributed by atoms with Crippen molar-refractivity contribution in [1.29, 1.82) is 0 Å². The van der Waals surface area contributed by atoms with Gasteiger partial charge in [0, 0.05) is 45.6 Å². The third-order valence-electron chi connectivity index (χ3n) is 8.53. The molecule has 0 aromatic heterocycles. The third-order valence-corrected chi connectivity index (χ3v) is 8.53. The summed E-state index contributed by atoms with van der Waals surface area (Å²) in [6.45, 7) is 2.29. The van der Waals surface area contributed by atoms with Gasteiger partial charge in [0.25, 0.3) is 0 Å². The lowest BCUT2D eigenvalue weighted by molar-refractivity contribution is -0.143. The highest BCUT2D eigenvalue weighted by Crippen LogP contribution is 2.13. The predicted molar refractivity (Wildman–Crippen MR) is 207 cm³/mol. The summed E-state index contributed by atoms with van der Waals surface area (Å²) in [5, 5.41) is 39.4. The van der Waals surface area contributed by atoms with Crippen LogP contribution in [0.4, 0.5) is 0 Å². The van der Waals surface area contributed by atoms with E-state index in [0.29, 0.717) is 71.9 Å². The minimum atomic E-state index is -1.30. The number of hydrogen-bond acceptors (Lipinski definition) is 11. The van der Waals surface area contributed by atoms with Crippen molar-refractivity contribution >= 4 is 47.9 Å². The summed E-state index contributed by atoms with van der Waals surface area (Å²) in [4.78, 5) is 91.6. The highest BCUT2D eigenvalue weighted by atomic mass is 16.5. The summed E-state index contributed by atoms with van der Waals surface area (Å²) in [7, 11) is 0. The maximum absolute atomic E-state index is 12.3. The number of amides is 5. The van der Waals surface area contributed by atoms with Gasteiger partial charge in [-0.15, -0.1) is 0 Å². The van der Waals surface area contributed by atoms with Crippen LogP contribution in [-0.2, 0) is 52.6 Å². The van der Waals surface area contributed by atoms with E-state index in [2.05, 4.69) is 26.6 Å². The lowest BCUT2D eigenvalue weighted by atomic mass is 10.0. The largest absolute Gasteiger partial charge is 0.481 e. The third kappa shape index (κ3) is 35.8. The molecule has 0 aromatic rings. The van der Waals surface area contributed by atoms with Crippen molar-refractivity contribution in [2.75, 3.05) is 59.3 Å². The molecule has 0 aromatic carbocycles. The molecule has 57 heavy (non-hydrogen) atoms. The minimum absolute atomic E-state index is 0.105. The van der Waals surface area contributed by atoms with Crippen LogP contribution in [0.2, 0.25) is 0 Å². The van der Waals surface area contributed by atoms with Crippen LogP contribution in [0, 0.1) is 0 Å². The van der Waals surface area contributed by atoms with E-state index in [1.807, 2.05) is 0 Å². The van der Waals surface area contributed by atoms with Gasteiger partial charge in [-0.3, -0.25) is 28.8 Å². The van der Waals surface area contributed by atoms with Crippen molar-refractivity contribution in [3.05, 3.63) is 0 Å². The Kier molecular flexibility index (Phi) is 34.4. The molecule has 0 fully saturated rings. The summed E-state index contributed by atoms with van der Waals surface area (Å²) in [6, 6.07) is -2.55.